The van der Waals surface area contributed by atoms with E-state index in [0.717, 1.165) is 36.0 Å². The highest BCUT2D eigenvalue weighted by Gasteiger charge is 2.21. The van der Waals surface area contributed by atoms with Crippen molar-refractivity contribution < 1.29 is 9.47 Å². The average Bonchev–Trinajstić information content (AvgIpc) is 3.38. The van der Waals surface area contributed by atoms with Crippen molar-refractivity contribution in [1.82, 2.24) is 9.97 Å². The molecule has 1 aromatic heterocycles. The van der Waals surface area contributed by atoms with Gasteiger partial charge in [-0.15, -0.1) is 0 Å². The van der Waals surface area contributed by atoms with E-state index < -0.39 is 0 Å². The van der Waals surface area contributed by atoms with Crippen LogP contribution >= 0.6 is 0 Å². The van der Waals surface area contributed by atoms with Crippen molar-refractivity contribution in [3.8, 4) is 11.5 Å². The number of aromatic nitrogens is 2. The highest BCUT2D eigenvalue weighted by Crippen LogP contribution is 2.27. The monoisotopic (exact) mass is 328 g/mol. The summed E-state index contributed by atoms with van der Waals surface area (Å²) in [4.78, 5) is 8.97. The number of nitrogens with one attached hydrogen (secondary N) is 2. The predicted octanol–water partition coefficient (Wildman–Crippen LogP) is 3.03. The van der Waals surface area contributed by atoms with Crippen molar-refractivity contribution in [2.45, 2.75) is 32.2 Å². The molecule has 0 amide bonds. The summed E-state index contributed by atoms with van der Waals surface area (Å²) in [6, 6.07) is 8.53. The minimum Gasteiger partial charge on any atom is -0.493 e. The van der Waals surface area contributed by atoms with Gasteiger partial charge in [-0.05, 0) is 43.9 Å². The second kappa shape index (κ2) is 7.38. The Balaban J connectivity index is 1.58. The maximum atomic E-state index is 5.34. The lowest BCUT2D eigenvalue weighted by molar-refractivity contribution is 0.354. The zero-order valence-electron chi connectivity index (χ0n) is 14.4. The summed E-state index contributed by atoms with van der Waals surface area (Å²) in [5, 5.41) is 6.71. The lowest BCUT2D eigenvalue weighted by atomic mass is 10.1. The summed E-state index contributed by atoms with van der Waals surface area (Å²) in [5.41, 5.74) is 2.13. The van der Waals surface area contributed by atoms with Crippen LogP contribution < -0.4 is 20.1 Å². The molecule has 1 saturated carbocycles. The predicted molar refractivity (Wildman–Crippen MR) is 95.2 cm³/mol. The van der Waals surface area contributed by atoms with E-state index in [1.807, 2.05) is 31.2 Å². The third-order valence-corrected chi connectivity index (χ3v) is 3.93. The van der Waals surface area contributed by atoms with Crippen molar-refractivity contribution in [3.05, 3.63) is 35.5 Å². The van der Waals surface area contributed by atoms with E-state index in [2.05, 4.69) is 20.6 Å². The molecule has 0 spiro atoms. The highest BCUT2D eigenvalue weighted by atomic mass is 16.5. The fourth-order valence-electron chi connectivity index (χ4n) is 2.51. The quantitative estimate of drug-likeness (QED) is 0.776. The number of nitrogens with zero attached hydrogens (tertiary/aromatic N) is 2. The number of ether oxygens (including phenoxy) is 2. The first-order valence-electron chi connectivity index (χ1n) is 8.25. The van der Waals surface area contributed by atoms with Gasteiger partial charge in [0.25, 0.3) is 0 Å². The Morgan fingerprint density at radius 3 is 2.58 bits per heavy atom. The molecule has 0 unspecified atom stereocenters. The molecule has 0 bridgehead atoms. The molecule has 0 aliphatic heterocycles. The zero-order valence-corrected chi connectivity index (χ0v) is 14.4. The van der Waals surface area contributed by atoms with E-state index in [0.29, 0.717) is 12.0 Å². The van der Waals surface area contributed by atoms with Crippen molar-refractivity contribution in [2.75, 3.05) is 31.4 Å². The van der Waals surface area contributed by atoms with E-state index in [-0.39, 0.29) is 0 Å². The second-order valence-corrected chi connectivity index (χ2v) is 6.00. The summed E-state index contributed by atoms with van der Waals surface area (Å²) in [5.74, 6) is 3.06. The Bertz CT molecular complexity index is 701. The molecular formula is C18H24N4O2. The summed E-state index contributed by atoms with van der Waals surface area (Å²) in [6.07, 6.45) is 3.30. The summed E-state index contributed by atoms with van der Waals surface area (Å²) >= 11 is 0. The molecule has 24 heavy (non-hydrogen) atoms. The highest BCUT2D eigenvalue weighted by molar-refractivity contribution is 5.45. The van der Waals surface area contributed by atoms with Crippen LogP contribution in [0.5, 0.6) is 11.5 Å². The van der Waals surface area contributed by atoms with Gasteiger partial charge in [0.1, 0.15) is 5.82 Å². The molecule has 6 nitrogen and oxygen atoms in total. The van der Waals surface area contributed by atoms with Crippen LogP contribution in [0.2, 0.25) is 0 Å². The number of hydrogen-bond donors (Lipinski definition) is 2. The fourth-order valence-corrected chi connectivity index (χ4v) is 2.51. The van der Waals surface area contributed by atoms with Gasteiger partial charge in [0.15, 0.2) is 11.5 Å². The second-order valence-electron chi connectivity index (χ2n) is 6.00. The van der Waals surface area contributed by atoms with Gasteiger partial charge in [0.05, 0.1) is 14.2 Å². The Hall–Kier alpha value is -2.50. The molecule has 6 heteroatoms. The molecule has 128 valence electrons. The minimum atomic E-state index is 0.582. The molecule has 2 aromatic rings. The van der Waals surface area contributed by atoms with Crippen molar-refractivity contribution in [2.24, 2.45) is 0 Å². The SMILES string of the molecule is COc1ccc(CCNc2nc(C)cc(NC3CC3)n2)cc1OC. The fraction of sp³-hybridized carbons (Fsp3) is 0.444. The molecule has 1 fully saturated rings. The molecule has 3 rings (SSSR count). The van der Waals surface area contributed by atoms with Gasteiger partial charge in [-0.25, -0.2) is 4.98 Å². The largest absolute Gasteiger partial charge is 0.493 e. The van der Waals surface area contributed by atoms with Gasteiger partial charge in [-0.1, -0.05) is 6.07 Å². The Labute approximate surface area is 142 Å². The first-order chi connectivity index (χ1) is 11.7. The molecule has 1 aliphatic carbocycles. The Kier molecular flexibility index (Phi) is 5.03. The number of anilines is 2. The molecule has 1 aromatic carbocycles. The number of aryl methyl sites for hydroxylation is 1. The van der Waals surface area contributed by atoms with Crippen LogP contribution in [-0.2, 0) is 6.42 Å². The maximum Gasteiger partial charge on any atom is 0.224 e. The topological polar surface area (TPSA) is 68.3 Å². The maximum absolute atomic E-state index is 5.34. The molecule has 1 aliphatic rings. The van der Waals surface area contributed by atoms with Crippen LogP contribution in [0.15, 0.2) is 24.3 Å². The van der Waals surface area contributed by atoms with Gasteiger partial charge in [-0.3, -0.25) is 0 Å². The molecule has 1 heterocycles. The van der Waals surface area contributed by atoms with E-state index >= 15 is 0 Å². The van der Waals surface area contributed by atoms with Crippen LogP contribution in [0.3, 0.4) is 0 Å². The number of hydrogen-bond acceptors (Lipinski definition) is 6. The van der Waals surface area contributed by atoms with Gasteiger partial charge < -0.3 is 20.1 Å². The average molecular weight is 328 g/mol. The van der Waals surface area contributed by atoms with Gasteiger partial charge in [0.2, 0.25) is 5.95 Å². The van der Waals surface area contributed by atoms with Gasteiger partial charge >= 0.3 is 0 Å². The van der Waals surface area contributed by atoms with E-state index in [4.69, 9.17) is 9.47 Å². The van der Waals surface area contributed by atoms with Crippen LogP contribution in [0.4, 0.5) is 11.8 Å². The molecular weight excluding hydrogens is 304 g/mol. The molecule has 0 saturated heterocycles. The van der Waals surface area contributed by atoms with Crippen molar-refractivity contribution >= 4 is 11.8 Å². The zero-order chi connectivity index (χ0) is 16.9. The lowest BCUT2D eigenvalue weighted by Gasteiger charge is -2.11. The number of methoxy groups -OCH3 is 2. The van der Waals surface area contributed by atoms with Crippen LogP contribution in [0.25, 0.3) is 0 Å². The number of rotatable bonds is 8. The Morgan fingerprint density at radius 2 is 1.88 bits per heavy atom. The summed E-state index contributed by atoms with van der Waals surface area (Å²) in [6.45, 7) is 2.74. The van der Waals surface area contributed by atoms with Crippen LogP contribution in [-0.4, -0.2) is 36.8 Å². The van der Waals surface area contributed by atoms with Crippen molar-refractivity contribution in [1.29, 1.82) is 0 Å². The van der Waals surface area contributed by atoms with Crippen LogP contribution in [0.1, 0.15) is 24.1 Å². The summed E-state index contributed by atoms with van der Waals surface area (Å²) in [7, 11) is 3.29. The van der Waals surface area contributed by atoms with Gasteiger partial charge in [0, 0.05) is 24.3 Å². The molecule has 0 atom stereocenters. The standard InChI is InChI=1S/C18H24N4O2/c1-12-10-17(21-14-5-6-14)22-18(20-12)19-9-8-13-4-7-15(23-2)16(11-13)24-3/h4,7,10-11,14H,5-6,8-9H2,1-3H3,(H2,19,20,21,22). The van der Waals surface area contributed by atoms with Crippen LogP contribution in [0, 0.1) is 6.92 Å². The minimum absolute atomic E-state index is 0.582. The first-order valence-corrected chi connectivity index (χ1v) is 8.25. The third kappa shape index (κ3) is 4.28. The van der Waals surface area contributed by atoms with E-state index in [9.17, 15) is 0 Å². The normalized spacial score (nSPS) is 13.5. The Morgan fingerprint density at radius 1 is 1.08 bits per heavy atom. The molecule has 0 radical (unpaired) electrons. The van der Waals surface area contributed by atoms with E-state index in [1.165, 1.54) is 18.4 Å². The molecule has 2 N–H and O–H groups in total. The summed E-state index contributed by atoms with van der Waals surface area (Å²) < 4.78 is 10.6. The number of benzene rings is 1. The smallest absolute Gasteiger partial charge is 0.224 e. The van der Waals surface area contributed by atoms with Crippen molar-refractivity contribution in [3.63, 3.8) is 0 Å². The lowest BCUT2D eigenvalue weighted by Crippen LogP contribution is -2.11. The third-order valence-electron chi connectivity index (χ3n) is 3.93. The first kappa shape index (κ1) is 16.4. The van der Waals surface area contributed by atoms with Gasteiger partial charge in [-0.2, -0.15) is 4.98 Å². The van der Waals surface area contributed by atoms with E-state index in [1.54, 1.807) is 14.2 Å².